The number of H-pyrrole nitrogens is 1. The van der Waals surface area contributed by atoms with Crippen molar-refractivity contribution >= 4 is 16.6 Å². The van der Waals surface area contributed by atoms with E-state index >= 15 is 0 Å². The lowest BCUT2D eigenvalue weighted by atomic mass is 9.73. The van der Waals surface area contributed by atoms with Crippen LogP contribution in [0.2, 0.25) is 0 Å². The molecule has 1 saturated heterocycles. The average Bonchev–Trinajstić information content (AvgIpc) is 3.15. The van der Waals surface area contributed by atoms with Gasteiger partial charge in [0.2, 0.25) is 0 Å². The van der Waals surface area contributed by atoms with Gasteiger partial charge in [0, 0.05) is 36.3 Å². The fourth-order valence-corrected chi connectivity index (χ4v) is 4.40. The lowest BCUT2D eigenvalue weighted by Gasteiger charge is -2.38. The second-order valence-electron chi connectivity index (χ2n) is 9.07. The number of alkyl halides is 3. The minimum atomic E-state index is -4.81. The number of benzene rings is 1. The maximum absolute atomic E-state index is 14.2. The predicted molar refractivity (Wildman–Crippen MR) is 116 cm³/mol. The van der Waals surface area contributed by atoms with Crippen molar-refractivity contribution in [2.45, 2.75) is 43.9 Å². The lowest BCUT2D eigenvalue weighted by molar-refractivity contribution is -0.266. The Labute approximate surface area is 184 Å². The van der Waals surface area contributed by atoms with Crippen molar-refractivity contribution in [1.29, 1.82) is 0 Å². The van der Waals surface area contributed by atoms with Gasteiger partial charge in [-0.05, 0) is 35.6 Å². The zero-order valence-electron chi connectivity index (χ0n) is 18.1. The number of hydrogen-bond donors (Lipinski definition) is 2. The average molecular weight is 448 g/mol. The third-order valence-electron chi connectivity index (χ3n) is 6.14. The number of hydrogen-bond acceptors (Lipinski definition) is 5. The van der Waals surface area contributed by atoms with E-state index < -0.39 is 30.0 Å². The molecule has 1 unspecified atom stereocenters. The molecule has 1 atom stereocenters. The highest BCUT2D eigenvalue weighted by atomic mass is 19.4. The van der Waals surface area contributed by atoms with E-state index in [0.717, 1.165) is 24.3 Å². The molecular weight excluding hydrogens is 421 g/mol. The molecule has 4 rings (SSSR count). The van der Waals surface area contributed by atoms with Gasteiger partial charge in [-0.25, -0.2) is 0 Å². The van der Waals surface area contributed by atoms with Crippen LogP contribution >= 0.6 is 0 Å². The molecule has 3 aromatic rings. The summed E-state index contributed by atoms with van der Waals surface area (Å²) in [6, 6.07) is 9.12. The fourth-order valence-electron chi connectivity index (χ4n) is 4.40. The van der Waals surface area contributed by atoms with Crippen molar-refractivity contribution < 1.29 is 23.0 Å². The van der Waals surface area contributed by atoms with Crippen LogP contribution in [0.25, 0.3) is 10.9 Å². The van der Waals surface area contributed by atoms with E-state index in [1.807, 2.05) is 24.3 Å². The molecule has 3 heterocycles. The molecule has 1 aliphatic heterocycles. The third kappa shape index (κ3) is 4.59. The number of nitrogens with one attached hydrogen (secondary N) is 1. The summed E-state index contributed by atoms with van der Waals surface area (Å²) in [5, 5.41) is 19.1. The SMILES string of the molecule is CC(C)(CC(O)(Cc1cc2cnncc2[nH]1)C(F)(F)F)c1cccc(N2CCOCC2)c1. The van der Waals surface area contributed by atoms with Gasteiger partial charge < -0.3 is 19.7 Å². The molecule has 0 bridgehead atoms. The first-order valence-corrected chi connectivity index (χ1v) is 10.6. The number of halogens is 3. The standard InChI is InChI=1S/C23H27F3N4O2/c1-21(2,17-4-3-5-19(11-17)30-6-8-32-9-7-30)15-22(31,23(24,25)26)12-18-10-16-13-27-28-14-20(16)29-18/h3-5,10-11,13-14,29,31H,6-9,12,15H2,1-2H3. The largest absolute Gasteiger partial charge is 0.417 e. The normalized spacial score (nSPS) is 17.5. The first-order chi connectivity index (χ1) is 15.1. The maximum Gasteiger partial charge on any atom is 0.417 e. The number of ether oxygens (including phenoxy) is 1. The highest BCUT2D eigenvalue weighted by molar-refractivity contribution is 5.78. The summed E-state index contributed by atoms with van der Waals surface area (Å²) in [6.07, 6.45) is -2.95. The van der Waals surface area contributed by atoms with Gasteiger partial charge in [-0.1, -0.05) is 26.0 Å². The van der Waals surface area contributed by atoms with E-state index in [1.165, 1.54) is 12.4 Å². The molecule has 1 aliphatic rings. The molecule has 6 nitrogen and oxygen atoms in total. The Morgan fingerprint density at radius 2 is 1.81 bits per heavy atom. The van der Waals surface area contributed by atoms with Crippen molar-refractivity contribution in [3.63, 3.8) is 0 Å². The van der Waals surface area contributed by atoms with E-state index in [4.69, 9.17) is 4.74 Å². The number of anilines is 1. The monoisotopic (exact) mass is 448 g/mol. The van der Waals surface area contributed by atoms with Crippen LogP contribution in [0.5, 0.6) is 0 Å². The molecule has 0 saturated carbocycles. The van der Waals surface area contributed by atoms with Crippen molar-refractivity contribution in [2.75, 3.05) is 31.2 Å². The molecular formula is C23H27F3N4O2. The Kier molecular flexibility index (Phi) is 5.89. The summed E-state index contributed by atoms with van der Waals surface area (Å²) in [4.78, 5) is 5.08. The van der Waals surface area contributed by atoms with Crippen molar-refractivity contribution in [3.05, 3.63) is 54.0 Å². The van der Waals surface area contributed by atoms with Crippen molar-refractivity contribution in [2.24, 2.45) is 0 Å². The van der Waals surface area contributed by atoms with Gasteiger partial charge in [-0.2, -0.15) is 23.4 Å². The first kappa shape index (κ1) is 22.5. The van der Waals surface area contributed by atoms with Crippen LogP contribution in [-0.2, 0) is 16.6 Å². The van der Waals surface area contributed by atoms with Crippen LogP contribution < -0.4 is 4.90 Å². The number of aliphatic hydroxyl groups is 1. The quantitative estimate of drug-likeness (QED) is 0.596. The van der Waals surface area contributed by atoms with Gasteiger partial charge in [0.05, 0.1) is 31.1 Å². The molecule has 2 N–H and O–H groups in total. The molecule has 32 heavy (non-hydrogen) atoms. The lowest BCUT2D eigenvalue weighted by Crippen LogP contribution is -2.50. The Morgan fingerprint density at radius 1 is 1.09 bits per heavy atom. The Morgan fingerprint density at radius 3 is 2.50 bits per heavy atom. The zero-order valence-corrected chi connectivity index (χ0v) is 18.1. The minimum Gasteiger partial charge on any atom is -0.380 e. The number of aromatic amines is 1. The second-order valence-corrected chi connectivity index (χ2v) is 9.07. The molecule has 0 radical (unpaired) electrons. The Balaban J connectivity index is 1.61. The number of morpholine rings is 1. The van der Waals surface area contributed by atoms with Gasteiger partial charge in [-0.3, -0.25) is 0 Å². The van der Waals surface area contributed by atoms with E-state index in [0.29, 0.717) is 24.1 Å². The molecule has 0 amide bonds. The van der Waals surface area contributed by atoms with Gasteiger partial charge >= 0.3 is 6.18 Å². The third-order valence-corrected chi connectivity index (χ3v) is 6.14. The maximum atomic E-state index is 14.2. The predicted octanol–water partition coefficient (Wildman–Crippen LogP) is 4.00. The molecule has 9 heteroatoms. The first-order valence-electron chi connectivity index (χ1n) is 10.6. The van der Waals surface area contributed by atoms with E-state index in [-0.39, 0.29) is 5.69 Å². The number of aromatic nitrogens is 3. The number of rotatable bonds is 6. The summed E-state index contributed by atoms with van der Waals surface area (Å²) >= 11 is 0. The highest BCUT2D eigenvalue weighted by Crippen LogP contribution is 2.43. The Bertz CT molecular complexity index is 1040. The highest BCUT2D eigenvalue weighted by Gasteiger charge is 2.56. The van der Waals surface area contributed by atoms with Crippen molar-refractivity contribution in [1.82, 2.24) is 15.2 Å². The summed E-state index contributed by atoms with van der Waals surface area (Å²) in [5.41, 5.74) is -1.28. The van der Waals surface area contributed by atoms with Crippen LogP contribution in [0.1, 0.15) is 31.5 Å². The zero-order chi connectivity index (χ0) is 23.0. The fraction of sp³-hybridized carbons (Fsp3) is 0.478. The summed E-state index contributed by atoms with van der Waals surface area (Å²) in [7, 11) is 0. The second kappa shape index (κ2) is 8.37. The van der Waals surface area contributed by atoms with Crippen LogP contribution in [0, 0.1) is 0 Å². The van der Waals surface area contributed by atoms with E-state index in [2.05, 4.69) is 20.1 Å². The van der Waals surface area contributed by atoms with Gasteiger partial charge in [-0.15, -0.1) is 0 Å². The molecule has 0 spiro atoms. The van der Waals surface area contributed by atoms with Crippen LogP contribution in [-0.4, -0.2) is 58.4 Å². The van der Waals surface area contributed by atoms with Crippen LogP contribution in [0.4, 0.5) is 18.9 Å². The van der Waals surface area contributed by atoms with E-state index in [9.17, 15) is 18.3 Å². The molecule has 1 aromatic carbocycles. The van der Waals surface area contributed by atoms with E-state index in [1.54, 1.807) is 19.9 Å². The molecule has 1 fully saturated rings. The Hall–Kier alpha value is -2.65. The minimum absolute atomic E-state index is 0.285. The van der Waals surface area contributed by atoms with Crippen LogP contribution in [0.3, 0.4) is 0 Å². The van der Waals surface area contributed by atoms with Crippen molar-refractivity contribution in [3.8, 4) is 0 Å². The van der Waals surface area contributed by atoms with Gasteiger partial charge in [0.25, 0.3) is 0 Å². The summed E-state index contributed by atoms with van der Waals surface area (Å²) in [5.74, 6) is 0. The molecule has 2 aromatic heterocycles. The van der Waals surface area contributed by atoms with Gasteiger partial charge in [0.1, 0.15) is 0 Å². The summed E-state index contributed by atoms with van der Waals surface area (Å²) < 4.78 is 47.8. The number of fused-ring (bicyclic) bond motifs is 1. The molecule has 0 aliphatic carbocycles. The number of nitrogens with zero attached hydrogens (tertiary/aromatic N) is 3. The smallest absolute Gasteiger partial charge is 0.380 e. The van der Waals surface area contributed by atoms with Crippen LogP contribution in [0.15, 0.2) is 42.7 Å². The topological polar surface area (TPSA) is 74.3 Å². The van der Waals surface area contributed by atoms with Gasteiger partial charge in [0.15, 0.2) is 5.60 Å². The summed E-state index contributed by atoms with van der Waals surface area (Å²) in [6.45, 7) is 6.19. The molecule has 172 valence electrons.